The van der Waals surface area contributed by atoms with Gasteiger partial charge in [0, 0.05) is 14.1 Å². The van der Waals surface area contributed by atoms with Crippen LogP contribution in [0.4, 0.5) is 5.82 Å². The van der Waals surface area contributed by atoms with E-state index in [1.807, 2.05) is 0 Å². The zero-order valence-electron chi connectivity index (χ0n) is 15.0. The van der Waals surface area contributed by atoms with E-state index in [1.54, 1.807) is 38.9 Å². The number of aromatic nitrogens is 2. The molecule has 10 heteroatoms. The first kappa shape index (κ1) is 18.5. The second kappa shape index (κ2) is 6.77. The number of nitrogens with zero attached hydrogens (tertiary/aromatic N) is 5. The van der Waals surface area contributed by atoms with E-state index in [2.05, 4.69) is 9.98 Å². The first-order valence-corrected chi connectivity index (χ1v) is 8.11. The van der Waals surface area contributed by atoms with Crippen molar-refractivity contribution in [3.63, 3.8) is 0 Å². The van der Waals surface area contributed by atoms with Crippen LogP contribution in [0.2, 0.25) is 0 Å². The number of Topliss-reactive ketones (excluding diaryl/α,β-unsaturated/α-hetero) is 1. The van der Waals surface area contributed by atoms with Gasteiger partial charge in [0.05, 0.1) is 19.3 Å². The third-order valence-corrected chi connectivity index (χ3v) is 4.07. The average molecular weight is 363 g/mol. The molecule has 0 bridgehead atoms. The van der Waals surface area contributed by atoms with Crippen molar-refractivity contribution >= 4 is 17.9 Å². The molecule has 0 saturated carbocycles. The third kappa shape index (κ3) is 3.22. The van der Waals surface area contributed by atoms with Crippen molar-refractivity contribution in [1.29, 1.82) is 5.26 Å². The Balaban J connectivity index is 2.02. The van der Waals surface area contributed by atoms with Crippen LogP contribution in [0.25, 0.3) is 0 Å². The summed E-state index contributed by atoms with van der Waals surface area (Å²) in [5.41, 5.74) is -0.0728. The Morgan fingerprint density at radius 2 is 2.19 bits per heavy atom. The summed E-state index contributed by atoms with van der Waals surface area (Å²) in [4.78, 5) is 21.9. The molecule has 0 spiro atoms. The van der Waals surface area contributed by atoms with Crippen molar-refractivity contribution in [2.24, 2.45) is 4.99 Å². The highest BCUT2D eigenvalue weighted by molar-refractivity contribution is 6.09. The van der Waals surface area contributed by atoms with Crippen LogP contribution >= 0.6 is 0 Å². The van der Waals surface area contributed by atoms with Crippen molar-refractivity contribution in [1.82, 2.24) is 14.5 Å². The number of hydrogen-bond donors (Lipinski definition) is 1. The third-order valence-electron chi connectivity index (χ3n) is 4.07. The van der Waals surface area contributed by atoms with E-state index < -0.39 is 36.1 Å². The molecule has 3 heterocycles. The first-order valence-electron chi connectivity index (χ1n) is 8.11. The first-order chi connectivity index (χ1) is 12.3. The molecule has 26 heavy (non-hydrogen) atoms. The minimum Gasteiger partial charge on any atom is -0.394 e. The van der Waals surface area contributed by atoms with Crippen LogP contribution in [-0.4, -0.2) is 76.5 Å². The van der Waals surface area contributed by atoms with Gasteiger partial charge in [0.1, 0.15) is 24.4 Å². The van der Waals surface area contributed by atoms with E-state index in [9.17, 15) is 9.90 Å². The predicted molar refractivity (Wildman–Crippen MR) is 88.8 cm³/mol. The molecule has 10 nitrogen and oxygen atoms in total. The van der Waals surface area contributed by atoms with E-state index in [-0.39, 0.29) is 18.1 Å². The zero-order chi connectivity index (χ0) is 19.1. The van der Waals surface area contributed by atoms with Gasteiger partial charge in [0.25, 0.3) is 5.78 Å². The van der Waals surface area contributed by atoms with Crippen LogP contribution in [0.15, 0.2) is 11.3 Å². The van der Waals surface area contributed by atoms with Gasteiger partial charge in [0.15, 0.2) is 23.5 Å². The minimum atomic E-state index is -0.830. The Kier molecular flexibility index (Phi) is 4.81. The fourth-order valence-corrected chi connectivity index (χ4v) is 3.08. The quantitative estimate of drug-likeness (QED) is 0.341. The smallest absolute Gasteiger partial charge is 0.284 e. The van der Waals surface area contributed by atoms with Crippen LogP contribution in [0.3, 0.4) is 0 Å². The predicted octanol–water partition coefficient (Wildman–Crippen LogP) is 0.221. The largest absolute Gasteiger partial charge is 0.394 e. The number of hydrogen-bond acceptors (Lipinski definition) is 8. The van der Waals surface area contributed by atoms with Gasteiger partial charge in [-0.3, -0.25) is 9.36 Å². The number of rotatable bonds is 5. The molecule has 2 aliphatic heterocycles. The van der Waals surface area contributed by atoms with Crippen molar-refractivity contribution in [2.75, 3.05) is 20.7 Å². The highest BCUT2D eigenvalue weighted by Crippen LogP contribution is 2.44. The molecule has 1 aromatic rings. The zero-order valence-corrected chi connectivity index (χ0v) is 15.0. The van der Waals surface area contributed by atoms with Crippen molar-refractivity contribution in [3.05, 3.63) is 12.0 Å². The SMILES string of the molecule is CN(C)C=Nc1c(C(=O)C#N)ncn1[C@@H]1O[C@H](CO)[C@H]2OC(C)(C)O[C@H]21. The van der Waals surface area contributed by atoms with Crippen LogP contribution in [-0.2, 0) is 14.2 Å². The Morgan fingerprint density at radius 1 is 1.50 bits per heavy atom. The van der Waals surface area contributed by atoms with E-state index >= 15 is 0 Å². The van der Waals surface area contributed by atoms with Gasteiger partial charge in [-0.1, -0.05) is 0 Å². The molecule has 1 aromatic heterocycles. The molecular weight excluding hydrogens is 342 g/mol. The lowest BCUT2D eigenvalue weighted by molar-refractivity contribution is -0.199. The summed E-state index contributed by atoms with van der Waals surface area (Å²) >= 11 is 0. The van der Waals surface area contributed by atoms with Gasteiger partial charge in [-0.15, -0.1) is 0 Å². The van der Waals surface area contributed by atoms with E-state index in [1.165, 1.54) is 17.2 Å². The van der Waals surface area contributed by atoms with E-state index in [4.69, 9.17) is 19.5 Å². The molecule has 140 valence electrons. The maximum absolute atomic E-state index is 11.9. The summed E-state index contributed by atoms with van der Waals surface area (Å²) in [6.45, 7) is 3.31. The molecule has 1 N–H and O–H groups in total. The van der Waals surface area contributed by atoms with Gasteiger partial charge in [-0.2, -0.15) is 5.26 Å². The number of imidazole rings is 1. The number of aliphatic hydroxyl groups excluding tert-OH is 1. The Hall–Kier alpha value is -2.32. The van der Waals surface area contributed by atoms with Gasteiger partial charge < -0.3 is 24.2 Å². The number of carbonyl (C=O) groups is 1. The summed E-state index contributed by atoms with van der Waals surface area (Å²) in [7, 11) is 3.55. The van der Waals surface area contributed by atoms with E-state index in [0.29, 0.717) is 0 Å². The topological polar surface area (TPSA) is 122 Å². The Labute approximate surface area is 150 Å². The van der Waals surface area contributed by atoms with Crippen LogP contribution in [0.1, 0.15) is 30.6 Å². The van der Waals surface area contributed by atoms with Crippen molar-refractivity contribution in [3.8, 4) is 6.07 Å². The van der Waals surface area contributed by atoms with Crippen molar-refractivity contribution < 1.29 is 24.1 Å². The molecule has 0 aliphatic carbocycles. The molecule has 0 radical (unpaired) electrons. The fraction of sp³-hybridized carbons (Fsp3) is 0.625. The molecule has 2 aliphatic rings. The van der Waals surface area contributed by atoms with Gasteiger partial charge in [0.2, 0.25) is 0 Å². The summed E-state index contributed by atoms with van der Waals surface area (Å²) in [6, 6.07) is 1.55. The number of fused-ring (bicyclic) bond motifs is 1. The van der Waals surface area contributed by atoms with Crippen LogP contribution < -0.4 is 0 Å². The number of nitriles is 1. The number of carbonyl (C=O) groups excluding carboxylic acids is 1. The highest BCUT2D eigenvalue weighted by Gasteiger charge is 2.56. The molecule has 0 unspecified atom stereocenters. The normalized spacial score (nSPS) is 29.7. The lowest BCUT2D eigenvalue weighted by atomic mass is 10.1. The molecule has 2 fully saturated rings. The number of aliphatic imine (C=N–C) groups is 1. The number of ether oxygens (including phenoxy) is 3. The molecular formula is C16H21N5O5. The average Bonchev–Trinajstić information content (AvgIpc) is 3.22. The summed E-state index contributed by atoms with van der Waals surface area (Å²) in [5, 5.41) is 18.5. The van der Waals surface area contributed by atoms with Gasteiger partial charge >= 0.3 is 0 Å². The summed E-state index contributed by atoms with van der Waals surface area (Å²) in [5.74, 6) is -1.45. The van der Waals surface area contributed by atoms with Gasteiger partial charge in [-0.25, -0.2) is 9.98 Å². The second-order valence-electron chi connectivity index (χ2n) is 6.79. The van der Waals surface area contributed by atoms with Gasteiger partial charge in [-0.05, 0) is 13.8 Å². The molecule has 0 amide bonds. The minimum absolute atomic E-state index is 0.0728. The molecule has 3 rings (SSSR count). The lowest BCUT2D eigenvalue weighted by Crippen LogP contribution is -2.31. The number of ketones is 1. The molecule has 2 saturated heterocycles. The van der Waals surface area contributed by atoms with E-state index in [0.717, 1.165) is 0 Å². The maximum atomic E-state index is 11.9. The molecule has 4 atom stereocenters. The second-order valence-corrected chi connectivity index (χ2v) is 6.79. The molecule has 0 aromatic carbocycles. The highest BCUT2D eigenvalue weighted by atomic mass is 16.8. The summed E-state index contributed by atoms with van der Waals surface area (Å²) < 4.78 is 19.2. The van der Waals surface area contributed by atoms with Crippen LogP contribution in [0, 0.1) is 11.3 Å². The number of aliphatic hydroxyl groups is 1. The Bertz CT molecular complexity index is 766. The monoisotopic (exact) mass is 363 g/mol. The van der Waals surface area contributed by atoms with Crippen LogP contribution in [0.5, 0.6) is 0 Å². The maximum Gasteiger partial charge on any atom is 0.284 e. The standard InChI is InChI=1S/C16H21N5O5/c1-16(2)25-12-10(6-22)24-15(13(12)26-16)21-8-18-11(9(23)5-17)14(21)19-7-20(3)4/h7-8,10,12-13,15,22H,6H2,1-4H3/t10-,12-,13-,15-/m1/s1. The Morgan fingerprint density at radius 3 is 2.81 bits per heavy atom. The fourth-order valence-electron chi connectivity index (χ4n) is 3.08. The van der Waals surface area contributed by atoms with Crippen molar-refractivity contribution in [2.45, 2.75) is 44.2 Å². The lowest BCUT2D eigenvalue weighted by Gasteiger charge is -2.24. The summed E-state index contributed by atoms with van der Waals surface area (Å²) in [6.07, 6.45) is 0.588.